The van der Waals surface area contributed by atoms with E-state index < -0.39 is 28.5 Å². The number of nitro benzene ring substituents is 1. The predicted molar refractivity (Wildman–Crippen MR) is 95.8 cm³/mol. The van der Waals surface area contributed by atoms with Crippen LogP contribution in [-0.2, 0) is 9.59 Å². The number of benzene rings is 2. The van der Waals surface area contributed by atoms with Gasteiger partial charge < -0.3 is 9.47 Å². The molecule has 0 fully saturated rings. The molecule has 0 bridgehead atoms. The predicted octanol–water partition coefficient (Wildman–Crippen LogP) is 2.69. The van der Waals surface area contributed by atoms with Crippen molar-refractivity contribution in [2.45, 2.75) is 6.92 Å². The number of nitrogens with zero attached hydrogens (tertiary/aromatic N) is 3. The first-order valence-corrected chi connectivity index (χ1v) is 8.00. The van der Waals surface area contributed by atoms with Gasteiger partial charge in [-0.15, -0.1) is 0 Å². The second-order valence-corrected chi connectivity index (χ2v) is 5.81. The fourth-order valence-electron chi connectivity index (χ4n) is 2.61. The van der Waals surface area contributed by atoms with Crippen molar-refractivity contribution in [1.82, 2.24) is 0 Å². The maximum atomic E-state index is 14.3. The van der Waals surface area contributed by atoms with Crippen molar-refractivity contribution >= 4 is 29.0 Å². The van der Waals surface area contributed by atoms with E-state index >= 15 is 0 Å². The first-order chi connectivity index (χ1) is 13.3. The van der Waals surface area contributed by atoms with Gasteiger partial charge in [0.15, 0.2) is 11.7 Å². The van der Waals surface area contributed by atoms with E-state index in [0.717, 1.165) is 11.1 Å². The zero-order chi connectivity index (χ0) is 20.4. The van der Waals surface area contributed by atoms with Crippen LogP contribution >= 0.6 is 0 Å². The summed E-state index contributed by atoms with van der Waals surface area (Å²) >= 11 is 0. The van der Waals surface area contributed by atoms with E-state index in [1.165, 1.54) is 50.4 Å². The molecule has 9 nitrogen and oxygen atoms in total. The highest BCUT2D eigenvalue weighted by atomic mass is 19.1. The van der Waals surface area contributed by atoms with Crippen LogP contribution in [0.5, 0.6) is 11.5 Å². The van der Waals surface area contributed by atoms with Crippen LogP contribution in [0.2, 0.25) is 0 Å². The minimum atomic E-state index is -1.35. The highest BCUT2D eigenvalue weighted by molar-refractivity contribution is 6.25. The van der Waals surface area contributed by atoms with Crippen molar-refractivity contribution in [3.8, 4) is 11.5 Å². The number of carbonyl (C=O) groups excluding carboxylic acids is 2. The summed E-state index contributed by atoms with van der Waals surface area (Å²) in [5.74, 6) is -3.48. The first kappa shape index (κ1) is 19.0. The van der Waals surface area contributed by atoms with Crippen LogP contribution in [0.25, 0.3) is 0 Å². The zero-order valence-corrected chi connectivity index (χ0v) is 14.8. The van der Waals surface area contributed by atoms with Gasteiger partial charge in [-0.3, -0.25) is 19.7 Å². The summed E-state index contributed by atoms with van der Waals surface area (Å²) in [7, 11) is 1.38. The van der Waals surface area contributed by atoms with E-state index in [1.54, 1.807) is 0 Å². The smallest absolute Gasteiger partial charge is 0.329 e. The van der Waals surface area contributed by atoms with Crippen molar-refractivity contribution in [1.29, 1.82) is 0 Å². The average Bonchev–Trinajstić information content (AvgIpc) is 2.96. The lowest BCUT2D eigenvalue weighted by molar-refractivity contribution is -0.384. The van der Waals surface area contributed by atoms with E-state index in [9.17, 15) is 24.1 Å². The molecule has 0 N–H and O–H groups in total. The highest BCUT2D eigenvalue weighted by Gasteiger charge is 2.42. The topological polar surface area (TPSA) is 111 Å². The van der Waals surface area contributed by atoms with Gasteiger partial charge in [0.1, 0.15) is 17.2 Å². The number of nitro groups is 1. The number of hydrazone groups is 1. The van der Waals surface area contributed by atoms with Crippen molar-refractivity contribution in [2.75, 3.05) is 12.1 Å². The molecule has 1 aliphatic heterocycles. The van der Waals surface area contributed by atoms with E-state index in [4.69, 9.17) is 9.47 Å². The molecule has 0 saturated heterocycles. The Morgan fingerprint density at radius 1 is 1.21 bits per heavy atom. The summed E-state index contributed by atoms with van der Waals surface area (Å²) < 4.78 is 24.3. The summed E-state index contributed by atoms with van der Waals surface area (Å²) in [5.41, 5.74) is -0.168. The molecule has 1 heterocycles. The number of halogens is 1. The number of carbonyl (C=O) groups is 2. The maximum Gasteiger partial charge on any atom is 0.329 e. The number of amides is 1. The van der Waals surface area contributed by atoms with Gasteiger partial charge in [-0.05, 0) is 31.2 Å². The number of ether oxygens (including phenoxy) is 2. The second kappa shape index (κ2) is 7.43. The first-order valence-electron chi connectivity index (χ1n) is 8.00. The van der Waals surface area contributed by atoms with Gasteiger partial charge in [0.05, 0.1) is 17.7 Å². The Hall–Kier alpha value is -3.82. The monoisotopic (exact) mass is 387 g/mol. The Kier molecular flexibility index (Phi) is 5.03. The Morgan fingerprint density at radius 2 is 1.86 bits per heavy atom. The minimum Gasteiger partial charge on any atom is -0.497 e. The largest absolute Gasteiger partial charge is 0.497 e. The third-order valence-corrected chi connectivity index (χ3v) is 4.02. The summed E-state index contributed by atoms with van der Waals surface area (Å²) in [6.07, 6.45) is 0. The van der Waals surface area contributed by atoms with Crippen LogP contribution in [-0.4, -0.2) is 29.6 Å². The maximum absolute atomic E-state index is 14.3. The number of anilines is 1. The van der Waals surface area contributed by atoms with Crippen molar-refractivity contribution < 1.29 is 28.4 Å². The standard InChI is InChI=1S/C18H14FN3O6/c1-10-16(18(24)28-12-5-3-11(4-6-12)22(25)26)17(23)21(20-10)15-8-7-13(27-2)9-14(15)19/h3-9,16H,1-2H3. The molecule has 1 amide bonds. The molecule has 28 heavy (non-hydrogen) atoms. The molecule has 3 rings (SSSR count). The third-order valence-electron chi connectivity index (χ3n) is 4.02. The zero-order valence-electron chi connectivity index (χ0n) is 14.8. The van der Waals surface area contributed by atoms with Gasteiger partial charge in [-0.1, -0.05) is 0 Å². The molecule has 1 unspecified atom stereocenters. The normalized spacial score (nSPS) is 16.0. The number of non-ortho nitro benzene ring substituents is 1. The highest BCUT2D eigenvalue weighted by Crippen LogP contribution is 2.30. The number of hydrogen-bond donors (Lipinski definition) is 0. The fraction of sp³-hybridized carbons (Fsp3) is 0.167. The van der Waals surface area contributed by atoms with E-state index in [2.05, 4.69) is 5.10 Å². The molecule has 2 aromatic carbocycles. The SMILES string of the molecule is COc1ccc(N2N=C(C)C(C(=O)Oc3ccc([N+](=O)[O-])cc3)C2=O)c(F)c1. The molecule has 0 aliphatic carbocycles. The molecule has 10 heteroatoms. The summed E-state index contributed by atoms with van der Waals surface area (Å²) in [6.45, 7) is 1.45. The third kappa shape index (κ3) is 3.52. The second-order valence-electron chi connectivity index (χ2n) is 5.81. The van der Waals surface area contributed by atoms with Gasteiger partial charge >= 0.3 is 5.97 Å². The number of methoxy groups -OCH3 is 1. The van der Waals surface area contributed by atoms with Gasteiger partial charge in [0.25, 0.3) is 11.6 Å². The molecule has 1 aliphatic rings. The van der Waals surface area contributed by atoms with Gasteiger partial charge in [0, 0.05) is 18.2 Å². The number of rotatable bonds is 5. The Morgan fingerprint density at radius 3 is 2.43 bits per heavy atom. The molecule has 0 radical (unpaired) electrons. The van der Waals surface area contributed by atoms with Crippen molar-refractivity contribution in [3.05, 3.63) is 58.4 Å². The minimum absolute atomic E-state index is 0.0327. The van der Waals surface area contributed by atoms with Crippen molar-refractivity contribution in [2.24, 2.45) is 11.0 Å². The van der Waals surface area contributed by atoms with Gasteiger partial charge in [0.2, 0.25) is 0 Å². The Balaban J connectivity index is 1.78. The lowest BCUT2D eigenvalue weighted by Crippen LogP contribution is -2.35. The summed E-state index contributed by atoms with van der Waals surface area (Å²) in [6, 6.07) is 8.67. The van der Waals surface area contributed by atoms with Crippen LogP contribution < -0.4 is 14.5 Å². The molecular weight excluding hydrogens is 373 g/mol. The molecule has 0 spiro atoms. The Bertz CT molecular complexity index is 989. The van der Waals surface area contributed by atoms with E-state index in [0.29, 0.717) is 0 Å². The Labute approximate surface area is 158 Å². The summed E-state index contributed by atoms with van der Waals surface area (Å²) in [4.78, 5) is 35.1. The van der Waals surface area contributed by atoms with Gasteiger partial charge in [-0.25, -0.2) is 4.39 Å². The van der Waals surface area contributed by atoms with Crippen molar-refractivity contribution in [3.63, 3.8) is 0 Å². The van der Waals surface area contributed by atoms with Crippen LogP contribution in [0.15, 0.2) is 47.6 Å². The molecule has 2 aromatic rings. The van der Waals surface area contributed by atoms with E-state index in [-0.39, 0.29) is 28.6 Å². The molecule has 1 atom stereocenters. The number of hydrogen-bond acceptors (Lipinski definition) is 7. The molecule has 144 valence electrons. The van der Waals surface area contributed by atoms with Crippen LogP contribution in [0, 0.1) is 21.8 Å². The molecule has 0 aromatic heterocycles. The lowest BCUT2D eigenvalue weighted by atomic mass is 10.1. The fourth-order valence-corrected chi connectivity index (χ4v) is 2.61. The molecular formula is C18H14FN3O6. The molecule has 0 saturated carbocycles. The van der Waals surface area contributed by atoms with Crippen LogP contribution in [0.3, 0.4) is 0 Å². The van der Waals surface area contributed by atoms with Crippen LogP contribution in [0.4, 0.5) is 15.8 Å². The van der Waals surface area contributed by atoms with E-state index in [1.807, 2.05) is 0 Å². The lowest BCUT2D eigenvalue weighted by Gasteiger charge is -2.15. The van der Waals surface area contributed by atoms with Crippen LogP contribution in [0.1, 0.15) is 6.92 Å². The number of esters is 1. The summed E-state index contributed by atoms with van der Waals surface area (Å²) in [5, 5.41) is 15.4. The van der Waals surface area contributed by atoms with Gasteiger partial charge in [-0.2, -0.15) is 10.1 Å². The average molecular weight is 387 g/mol. The quantitative estimate of drug-likeness (QED) is 0.256.